The van der Waals surface area contributed by atoms with E-state index in [1.165, 1.54) is 30.3 Å². The highest BCUT2D eigenvalue weighted by atomic mass is 35.5. The Kier molecular flexibility index (Phi) is 12.0. The van der Waals surface area contributed by atoms with Gasteiger partial charge in [0.15, 0.2) is 0 Å². The zero-order chi connectivity index (χ0) is 32.8. The van der Waals surface area contributed by atoms with Gasteiger partial charge in [0.2, 0.25) is 11.8 Å². The Morgan fingerprint density at radius 2 is 1.57 bits per heavy atom. The maximum atomic E-state index is 14.1. The average molecular weight is 693 g/mol. The smallest absolute Gasteiger partial charge is 0.352 e. The number of benzene rings is 3. The van der Waals surface area contributed by atoms with Gasteiger partial charge in [-0.1, -0.05) is 72.9 Å². The Morgan fingerprint density at radius 1 is 0.909 bits per heavy atom. The lowest BCUT2D eigenvalue weighted by Crippen LogP contribution is -2.53. The van der Waals surface area contributed by atoms with Crippen molar-refractivity contribution >= 4 is 62.3 Å². The van der Waals surface area contributed by atoms with Crippen LogP contribution >= 0.6 is 34.8 Å². The van der Waals surface area contributed by atoms with Crippen LogP contribution in [0.4, 0.5) is 18.9 Å². The van der Waals surface area contributed by atoms with Gasteiger partial charge in [0, 0.05) is 22.6 Å². The summed E-state index contributed by atoms with van der Waals surface area (Å²) in [5.74, 6) is -1.37. The van der Waals surface area contributed by atoms with E-state index < -0.39 is 51.9 Å². The Morgan fingerprint density at radius 3 is 2.14 bits per heavy atom. The summed E-state index contributed by atoms with van der Waals surface area (Å²) in [6.07, 6.45) is -4.09. The van der Waals surface area contributed by atoms with Crippen LogP contribution in [0.5, 0.6) is 0 Å². The second kappa shape index (κ2) is 14.9. The zero-order valence-electron chi connectivity index (χ0n) is 24.0. The van der Waals surface area contributed by atoms with Gasteiger partial charge in [-0.25, -0.2) is 8.42 Å². The number of nitrogens with zero attached hydrogens (tertiary/aromatic N) is 2. The summed E-state index contributed by atoms with van der Waals surface area (Å²) in [6.45, 7) is 4.13. The van der Waals surface area contributed by atoms with Crippen LogP contribution < -0.4 is 9.62 Å². The monoisotopic (exact) mass is 691 g/mol. The average Bonchev–Trinajstić information content (AvgIpc) is 2.96. The number of alkyl halides is 3. The quantitative estimate of drug-likeness (QED) is 0.212. The molecule has 44 heavy (non-hydrogen) atoms. The standard InChI is InChI=1S/C30H31Cl3F3N3O4S/c1-4-19(3)37-29(41)26(5-2)38(17-20-11-13-22(31)16-25(20)33)28(40)18-39(44(42,43)23-9-7-6-8-10-23)27-15-21(30(34,35)36)12-14-24(27)32/h6-16,19,26H,4-5,17-18H2,1-3H3,(H,37,41)/t19-,26-/m1/s1. The third-order valence-corrected chi connectivity index (χ3v) is 9.58. The van der Waals surface area contributed by atoms with Crippen molar-refractivity contribution in [1.82, 2.24) is 10.2 Å². The van der Waals surface area contributed by atoms with Crippen LogP contribution in [0, 0.1) is 0 Å². The number of amides is 2. The first kappa shape index (κ1) is 35.5. The Bertz CT molecular complexity index is 1590. The summed E-state index contributed by atoms with van der Waals surface area (Å²) in [5.41, 5.74) is -1.31. The van der Waals surface area contributed by atoms with Crippen molar-refractivity contribution in [3.05, 3.63) is 92.9 Å². The molecule has 0 aliphatic carbocycles. The molecule has 0 unspecified atom stereocenters. The van der Waals surface area contributed by atoms with Crippen LogP contribution in [0.3, 0.4) is 0 Å². The van der Waals surface area contributed by atoms with Crippen molar-refractivity contribution in [1.29, 1.82) is 0 Å². The normalized spacial score (nSPS) is 13.2. The van der Waals surface area contributed by atoms with Gasteiger partial charge < -0.3 is 10.2 Å². The first-order valence-electron chi connectivity index (χ1n) is 13.6. The number of hydrogen-bond donors (Lipinski definition) is 1. The molecule has 0 fully saturated rings. The van der Waals surface area contributed by atoms with Crippen molar-refractivity contribution in [2.24, 2.45) is 0 Å². The minimum atomic E-state index is -4.83. The van der Waals surface area contributed by atoms with E-state index in [9.17, 15) is 31.2 Å². The number of sulfonamides is 1. The first-order valence-corrected chi connectivity index (χ1v) is 16.2. The van der Waals surface area contributed by atoms with Gasteiger partial charge in [-0.3, -0.25) is 13.9 Å². The predicted octanol–water partition coefficient (Wildman–Crippen LogP) is 7.58. The Labute approximate surface area is 269 Å². The summed E-state index contributed by atoms with van der Waals surface area (Å²) in [5, 5.41) is 3.03. The molecule has 1 N–H and O–H groups in total. The van der Waals surface area contributed by atoms with Gasteiger partial charge in [-0.2, -0.15) is 13.2 Å². The van der Waals surface area contributed by atoms with Crippen LogP contribution in [0.25, 0.3) is 0 Å². The molecule has 0 saturated heterocycles. The molecule has 3 aromatic rings. The van der Waals surface area contributed by atoms with Gasteiger partial charge >= 0.3 is 6.18 Å². The molecule has 0 radical (unpaired) electrons. The number of carbonyl (C=O) groups excluding carboxylic acids is 2. The number of halogens is 6. The molecule has 3 rings (SSSR count). The van der Waals surface area contributed by atoms with Crippen LogP contribution in [0.15, 0.2) is 71.6 Å². The van der Waals surface area contributed by atoms with Gasteiger partial charge in [-0.05, 0) is 67.8 Å². The second-order valence-corrected chi connectivity index (χ2v) is 13.1. The summed E-state index contributed by atoms with van der Waals surface area (Å²) in [6, 6.07) is 12.4. The van der Waals surface area contributed by atoms with E-state index >= 15 is 0 Å². The van der Waals surface area contributed by atoms with Gasteiger partial charge in [0.1, 0.15) is 12.6 Å². The molecule has 3 aromatic carbocycles. The topological polar surface area (TPSA) is 86.8 Å². The molecule has 0 bridgehead atoms. The summed E-state index contributed by atoms with van der Waals surface area (Å²) < 4.78 is 69.5. The molecular formula is C30H31Cl3F3N3O4S. The first-order chi connectivity index (χ1) is 20.6. The van der Waals surface area contributed by atoms with E-state index in [1.54, 1.807) is 32.0 Å². The molecule has 0 heterocycles. The Balaban J connectivity index is 2.17. The van der Waals surface area contributed by atoms with Gasteiger partial charge in [0.05, 0.1) is 21.2 Å². The predicted molar refractivity (Wildman–Crippen MR) is 166 cm³/mol. The fraction of sp³-hybridized carbons (Fsp3) is 0.333. The molecule has 0 aliphatic rings. The lowest BCUT2D eigenvalue weighted by atomic mass is 10.1. The van der Waals surface area contributed by atoms with Crippen molar-refractivity contribution in [3.63, 3.8) is 0 Å². The van der Waals surface area contributed by atoms with Crippen molar-refractivity contribution in [2.45, 2.75) is 63.3 Å². The maximum absolute atomic E-state index is 14.1. The highest BCUT2D eigenvalue weighted by Gasteiger charge is 2.37. The van der Waals surface area contributed by atoms with E-state index in [-0.39, 0.29) is 33.9 Å². The van der Waals surface area contributed by atoms with E-state index in [0.29, 0.717) is 33.4 Å². The highest BCUT2D eigenvalue weighted by molar-refractivity contribution is 7.92. The molecule has 0 saturated carbocycles. The van der Waals surface area contributed by atoms with Crippen LogP contribution in [-0.4, -0.2) is 43.8 Å². The third-order valence-electron chi connectivity index (χ3n) is 6.89. The van der Waals surface area contributed by atoms with Gasteiger partial charge in [0.25, 0.3) is 10.0 Å². The Hall–Kier alpha value is -2.99. The fourth-order valence-electron chi connectivity index (χ4n) is 4.31. The lowest BCUT2D eigenvalue weighted by molar-refractivity contribution is -0.140. The molecule has 2 amide bonds. The number of anilines is 1. The maximum Gasteiger partial charge on any atom is 0.416 e. The van der Waals surface area contributed by atoms with Crippen molar-refractivity contribution in [2.75, 3.05) is 10.8 Å². The van der Waals surface area contributed by atoms with Crippen LogP contribution in [-0.2, 0) is 32.3 Å². The highest BCUT2D eigenvalue weighted by Crippen LogP contribution is 2.37. The van der Waals surface area contributed by atoms with E-state index in [2.05, 4.69) is 5.32 Å². The zero-order valence-corrected chi connectivity index (χ0v) is 27.1. The number of carbonyl (C=O) groups is 2. The molecule has 0 spiro atoms. The lowest BCUT2D eigenvalue weighted by Gasteiger charge is -2.34. The van der Waals surface area contributed by atoms with Crippen LogP contribution in [0.2, 0.25) is 15.1 Å². The molecule has 14 heteroatoms. The minimum Gasteiger partial charge on any atom is -0.352 e. The molecule has 0 aromatic heterocycles. The number of nitrogens with one attached hydrogen (secondary N) is 1. The fourth-order valence-corrected chi connectivity index (χ4v) is 6.49. The van der Waals surface area contributed by atoms with Gasteiger partial charge in [-0.15, -0.1) is 0 Å². The number of hydrogen-bond acceptors (Lipinski definition) is 4. The van der Waals surface area contributed by atoms with Crippen molar-refractivity contribution in [3.8, 4) is 0 Å². The largest absolute Gasteiger partial charge is 0.416 e. The van der Waals surface area contributed by atoms with Crippen LogP contribution in [0.1, 0.15) is 44.7 Å². The molecule has 0 aliphatic heterocycles. The molecular weight excluding hydrogens is 662 g/mol. The summed E-state index contributed by atoms with van der Waals surface area (Å²) in [4.78, 5) is 28.4. The number of rotatable bonds is 12. The molecule has 7 nitrogen and oxygen atoms in total. The minimum absolute atomic E-state index is 0.134. The third kappa shape index (κ3) is 8.59. The van der Waals surface area contributed by atoms with E-state index in [4.69, 9.17) is 34.8 Å². The molecule has 2 atom stereocenters. The summed E-state index contributed by atoms with van der Waals surface area (Å²) in [7, 11) is -4.64. The second-order valence-electron chi connectivity index (χ2n) is 9.99. The van der Waals surface area contributed by atoms with E-state index in [1.807, 2.05) is 6.92 Å². The van der Waals surface area contributed by atoms with Crippen molar-refractivity contribution < 1.29 is 31.2 Å². The van der Waals surface area contributed by atoms with E-state index in [0.717, 1.165) is 11.0 Å². The summed E-state index contributed by atoms with van der Waals surface area (Å²) >= 11 is 18.7. The molecule has 238 valence electrons. The SMILES string of the molecule is CC[C@@H](C)NC(=O)[C@@H](CC)N(Cc1ccc(Cl)cc1Cl)C(=O)CN(c1cc(C(F)(F)F)ccc1Cl)S(=O)(=O)c1ccccc1.